The summed E-state index contributed by atoms with van der Waals surface area (Å²) in [5.41, 5.74) is 5.19. The van der Waals surface area contributed by atoms with Crippen LogP contribution in [0.15, 0.2) is 61.1 Å². The number of aromatic nitrogens is 3. The van der Waals surface area contributed by atoms with Crippen LogP contribution in [-0.2, 0) is 4.79 Å². The molecule has 0 spiro atoms. The highest BCUT2D eigenvalue weighted by molar-refractivity contribution is 5.99. The molecule has 1 aliphatic heterocycles. The molecule has 1 amide bonds. The van der Waals surface area contributed by atoms with E-state index in [2.05, 4.69) is 15.0 Å². The number of benzene rings is 1. The fourth-order valence-corrected chi connectivity index (χ4v) is 3.89. The van der Waals surface area contributed by atoms with E-state index in [4.69, 9.17) is 0 Å². The van der Waals surface area contributed by atoms with Gasteiger partial charge in [-0.2, -0.15) is 0 Å². The Balaban J connectivity index is 1.51. The summed E-state index contributed by atoms with van der Waals surface area (Å²) in [6, 6.07) is 13.4. The summed E-state index contributed by atoms with van der Waals surface area (Å²) in [7, 11) is 0. The second kappa shape index (κ2) is 7.11. The van der Waals surface area contributed by atoms with Gasteiger partial charge in [0, 0.05) is 53.8 Å². The van der Waals surface area contributed by atoms with Crippen LogP contribution in [-0.4, -0.2) is 38.5 Å². The maximum Gasteiger partial charge on any atom is 0.352 e. The summed E-state index contributed by atoms with van der Waals surface area (Å²) in [5, 5.41) is 9.99. The number of rotatable bonds is 4. The van der Waals surface area contributed by atoms with E-state index in [1.807, 2.05) is 41.3 Å². The lowest BCUT2D eigenvalue weighted by Crippen LogP contribution is -2.23. The third-order valence-corrected chi connectivity index (χ3v) is 5.40. The Hall–Kier alpha value is -4.00. The molecule has 7 heteroatoms. The van der Waals surface area contributed by atoms with Crippen molar-refractivity contribution in [2.45, 2.75) is 12.8 Å². The lowest BCUT2D eigenvalue weighted by Gasteiger charge is -2.16. The minimum atomic E-state index is -1.03. The van der Waals surface area contributed by atoms with Crippen LogP contribution in [0.3, 0.4) is 0 Å². The largest absolute Gasteiger partial charge is 0.477 e. The van der Waals surface area contributed by atoms with E-state index in [1.165, 1.54) is 0 Å². The number of hydrogen-bond donors (Lipinski definition) is 2. The second-order valence-corrected chi connectivity index (χ2v) is 7.27. The Morgan fingerprint density at radius 3 is 2.57 bits per heavy atom. The van der Waals surface area contributed by atoms with Gasteiger partial charge in [0.25, 0.3) is 0 Å². The van der Waals surface area contributed by atoms with Gasteiger partial charge in [-0.15, -0.1) is 0 Å². The number of hydrogen-bond acceptors (Lipinski definition) is 4. The Morgan fingerprint density at radius 1 is 1.03 bits per heavy atom. The lowest BCUT2D eigenvalue weighted by molar-refractivity contribution is -0.117. The minimum Gasteiger partial charge on any atom is -0.477 e. The van der Waals surface area contributed by atoms with Crippen molar-refractivity contribution in [2.75, 3.05) is 11.4 Å². The Bertz CT molecular complexity index is 1280. The standard InChI is InChI=1S/C23H18N4O3/c28-21-2-1-9-27(21)17-5-3-14(4-6-17)15-10-16(13-24-12-15)18-7-8-25-22-19(18)11-20(26-22)23(29)30/h3-8,10-13H,1-2,9H2,(H,25,26)(H,29,30). The zero-order valence-electron chi connectivity index (χ0n) is 16.0. The molecular formula is C23H18N4O3. The molecule has 7 nitrogen and oxygen atoms in total. The predicted octanol–water partition coefficient (Wildman–Crippen LogP) is 4.12. The van der Waals surface area contributed by atoms with Crippen LogP contribution in [0.4, 0.5) is 5.69 Å². The molecule has 1 aromatic carbocycles. The normalized spacial score (nSPS) is 13.9. The minimum absolute atomic E-state index is 0.0983. The second-order valence-electron chi connectivity index (χ2n) is 7.27. The van der Waals surface area contributed by atoms with E-state index in [9.17, 15) is 14.7 Å². The summed E-state index contributed by atoms with van der Waals surface area (Å²) >= 11 is 0. The average molecular weight is 398 g/mol. The number of aromatic amines is 1. The number of aromatic carboxylic acids is 1. The van der Waals surface area contributed by atoms with Crippen molar-refractivity contribution in [1.82, 2.24) is 15.0 Å². The first-order chi connectivity index (χ1) is 14.6. The van der Waals surface area contributed by atoms with Gasteiger partial charge in [-0.3, -0.25) is 9.78 Å². The van der Waals surface area contributed by atoms with Crippen LogP contribution in [0.25, 0.3) is 33.3 Å². The van der Waals surface area contributed by atoms with Crippen molar-refractivity contribution in [1.29, 1.82) is 0 Å². The number of carbonyl (C=O) groups is 2. The van der Waals surface area contributed by atoms with Gasteiger partial charge in [0.1, 0.15) is 11.3 Å². The van der Waals surface area contributed by atoms with E-state index >= 15 is 0 Å². The predicted molar refractivity (Wildman–Crippen MR) is 113 cm³/mol. The molecule has 0 radical (unpaired) electrons. The number of carboxylic acid groups (broad SMARTS) is 1. The van der Waals surface area contributed by atoms with Gasteiger partial charge in [-0.1, -0.05) is 12.1 Å². The molecule has 5 rings (SSSR count). The molecule has 0 unspecified atom stereocenters. The van der Waals surface area contributed by atoms with Crippen LogP contribution in [0.2, 0.25) is 0 Å². The van der Waals surface area contributed by atoms with Crippen LogP contribution in [0.1, 0.15) is 23.3 Å². The lowest BCUT2D eigenvalue weighted by atomic mass is 10.0. The monoisotopic (exact) mass is 398 g/mol. The van der Waals surface area contributed by atoms with E-state index in [0.29, 0.717) is 12.1 Å². The smallest absolute Gasteiger partial charge is 0.352 e. The first-order valence-electron chi connectivity index (χ1n) is 9.67. The molecule has 0 saturated carbocycles. The maximum atomic E-state index is 12.0. The van der Waals surface area contributed by atoms with Crippen molar-refractivity contribution in [3.05, 3.63) is 66.7 Å². The number of carbonyl (C=O) groups excluding carboxylic acids is 1. The zero-order valence-corrected chi connectivity index (χ0v) is 16.0. The quantitative estimate of drug-likeness (QED) is 0.539. The van der Waals surface area contributed by atoms with Gasteiger partial charge < -0.3 is 15.0 Å². The van der Waals surface area contributed by atoms with Crippen molar-refractivity contribution < 1.29 is 14.7 Å². The van der Waals surface area contributed by atoms with E-state index in [1.54, 1.807) is 24.7 Å². The molecule has 1 fully saturated rings. The van der Waals surface area contributed by atoms with Gasteiger partial charge in [0.15, 0.2) is 0 Å². The molecule has 0 atom stereocenters. The molecule has 4 aromatic rings. The molecule has 148 valence electrons. The summed E-state index contributed by atoms with van der Waals surface area (Å²) in [5.74, 6) is -0.859. The SMILES string of the molecule is O=C(O)c1cc2c(-c3cncc(-c4ccc(N5CCCC5=O)cc4)c3)ccnc2[nH]1. The average Bonchev–Trinajstić information content (AvgIpc) is 3.40. The van der Waals surface area contributed by atoms with E-state index in [-0.39, 0.29) is 11.6 Å². The summed E-state index contributed by atoms with van der Waals surface area (Å²) in [4.78, 5) is 36.5. The topological polar surface area (TPSA) is 99.2 Å². The molecular weight excluding hydrogens is 380 g/mol. The third-order valence-electron chi connectivity index (χ3n) is 5.40. The molecule has 30 heavy (non-hydrogen) atoms. The first kappa shape index (κ1) is 18.1. The van der Waals surface area contributed by atoms with Crippen LogP contribution < -0.4 is 4.90 Å². The number of fused-ring (bicyclic) bond motifs is 1. The molecule has 4 heterocycles. The summed E-state index contributed by atoms with van der Waals surface area (Å²) in [6.45, 7) is 0.766. The fourth-order valence-electron chi connectivity index (χ4n) is 3.89. The van der Waals surface area contributed by atoms with E-state index < -0.39 is 5.97 Å². The number of H-pyrrole nitrogens is 1. The molecule has 0 aliphatic carbocycles. The fraction of sp³-hybridized carbons (Fsp3) is 0.130. The van der Waals surface area contributed by atoms with Gasteiger partial charge >= 0.3 is 5.97 Å². The number of carboxylic acids is 1. The zero-order chi connectivity index (χ0) is 20.7. The van der Waals surface area contributed by atoms with Crippen LogP contribution in [0.5, 0.6) is 0 Å². The molecule has 0 bridgehead atoms. The van der Waals surface area contributed by atoms with Crippen LogP contribution in [0, 0.1) is 0 Å². The third kappa shape index (κ3) is 3.10. The number of amides is 1. The number of pyridine rings is 2. The Kier molecular flexibility index (Phi) is 4.28. The van der Waals surface area contributed by atoms with Crippen molar-refractivity contribution in [3.63, 3.8) is 0 Å². The van der Waals surface area contributed by atoms with E-state index in [0.717, 1.165) is 46.3 Å². The first-order valence-corrected chi connectivity index (χ1v) is 9.67. The number of nitrogens with one attached hydrogen (secondary N) is 1. The summed E-state index contributed by atoms with van der Waals surface area (Å²) in [6.07, 6.45) is 6.70. The van der Waals surface area contributed by atoms with Crippen molar-refractivity contribution in [3.8, 4) is 22.3 Å². The number of anilines is 1. The molecule has 2 N–H and O–H groups in total. The van der Waals surface area contributed by atoms with Crippen molar-refractivity contribution >= 4 is 28.6 Å². The Labute approximate surface area is 172 Å². The maximum absolute atomic E-state index is 12.0. The van der Waals surface area contributed by atoms with Crippen LogP contribution >= 0.6 is 0 Å². The highest BCUT2D eigenvalue weighted by atomic mass is 16.4. The molecule has 1 aliphatic rings. The van der Waals surface area contributed by atoms with Gasteiger partial charge in [0.05, 0.1) is 0 Å². The highest BCUT2D eigenvalue weighted by Gasteiger charge is 2.21. The van der Waals surface area contributed by atoms with Gasteiger partial charge in [0.2, 0.25) is 5.91 Å². The van der Waals surface area contributed by atoms with Gasteiger partial charge in [-0.25, -0.2) is 9.78 Å². The molecule has 3 aromatic heterocycles. The molecule has 1 saturated heterocycles. The van der Waals surface area contributed by atoms with Gasteiger partial charge in [-0.05, 0) is 47.9 Å². The number of nitrogens with zero attached hydrogens (tertiary/aromatic N) is 3. The Morgan fingerprint density at radius 2 is 1.83 bits per heavy atom. The van der Waals surface area contributed by atoms with Crippen molar-refractivity contribution in [2.24, 2.45) is 0 Å². The highest BCUT2D eigenvalue weighted by Crippen LogP contribution is 2.31. The summed E-state index contributed by atoms with van der Waals surface area (Å²) < 4.78 is 0.